The Morgan fingerprint density at radius 1 is 1.19 bits per heavy atom. The van der Waals surface area contributed by atoms with E-state index in [2.05, 4.69) is 16.4 Å². The van der Waals surface area contributed by atoms with Crippen LogP contribution < -0.4 is 4.74 Å². The Morgan fingerprint density at radius 2 is 1.97 bits per heavy atom. The maximum atomic E-state index is 13.5. The second-order valence-corrected chi connectivity index (χ2v) is 8.88. The standard InChI is InChI=1S/C24H34FN3O2.ClH/c1-18-15-27(14-13-26(18)12-11-25)24(29)21-17-28(16-19-7-4-3-5-8-19)23-20(21)9-6-10-22(23)30-2;/h6,9-10,17-19H,3-5,7-8,11-16H2,1-2H3;1H/t18-;/m0./s1. The molecular weight excluding hydrogens is 417 g/mol. The van der Waals surface area contributed by atoms with E-state index in [1.807, 2.05) is 29.3 Å². The van der Waals surface area contributed by atoms with E-state index in [1.165, 1.54) is 32.1 Å². The van der Waals surface area contributed by atoms with Gasteiger partial charge in [0.25, 0.3) is 5.91 Å². The topological polar surface area (TPSA) is 37.7 Å². The molecule has 4 rings (SSSR count). The molecule has 1 saturated heterocycles. The summed E-state index contributed by atoms with van der Waals surface area (Å²) in [6.45, 7) is 5.12. The van der Waals surface area contributed by atoms with E-state index < -0.39 is 0 Å². The third kappa shape index (κ3) is 5.01. The molecule has 7 heteroatoms. The Morgan fingerprint density at radius 3 is 2.65 bits per heavy atom. The average molecular weight is 452 g/mol. The zero-order chi connectivity index (χ0) is 21.1. The molecule has 172 valence electrons. The number of rotatable bonds is 6. The monoisotopic (exact) mass is 451 g/mol. The number of hydrogen-bond acceptors (Lipinski definition) is 3. The van der Waals surface area contributed by atoms with Gasteiger partial charge in [-0.3, -0.25) is 9.69 Å². The molecule has 1 atom stereocenters. The lowest BCUT2D eigenvalue weighted by Gasteiger charge is -2.39. The fraction of sp³-hybridized carbons (Fsp3) is 0.625. The summed E-state index contributed by atoms with van der Waals surface area (Å²) in [7, 11) is 1.69. The van der Waals surface area contributed by atoms with Crippen molar-refractivity contribution in [2.24, 2.45) is 5.92 Å². The van der Waals surface area contributed by atoms with Crippen molar-refractivity contribution >= 4 is 29.2 Å². The molecule has 1 aliphatic heterocycles. The summed E-state index contributed by atoms with van der Waals surface area (Å²) in [5.41, 5.74) is 1.78. The van der Waals surface area contributed by atoms with Crippen LogP contribution in [0.1, 0.15) is 49.4 Å². The van der Waals surface area contributed by atoms with Crippen molar-refractivity contribution < 1.29 is 13.9 Å². The van der Waals surface area contributed by atoms with Crippen LogP contribution in [-0.4, -0.2) is 66.3 Å². The Labute approximate surface area is 190 Å². The summed E-state index contributed by atoms with van der Waals surface area (Å²) in [6.07, 6.45) is 8.49. The number of nitrogens with zero attached hydrogens (tertiary/aromatic N) is 3. The van der Waals surface area contributed by atoms with E-state index in [0.717, 1.165) is 35.3 Å². The zero-order valence-corrected chi connectivity index (χ0v) is 19.5. The predicted molar refractivity (Wildman–Crippen MR) is 125 cm³/mol. The number of amides is 1. The molecular formula is C24H35ClFN3O2. The van der Waals surface area contributed by atoms with Gasteiger partial charge in [0, 0.05) is 50.3 Å². The number of aromatic nitrogens is 1. The number of piperazine rings is 1. The lowest BCUT2D eigenvalue weighted by atomic mass is 9.89. The third-order valence-corrected chi connectivity index (χ3v) is 6.92. The van der Waals surface area contributed by atoms with Crippen molar-refractivity contribution in [3.8, 4) is 5.75 Å². The van der Waals surface area contributed by atoms with Gasteiger partial charge in [-0.15, -0.1) is 12.4 Å². The first-order valence-electron chi connectivity index (χ1n) is 11.4. The summed E-state index contributed by atoms with van der Waals surface area (Å²) < 4.78 is 20.7. The highest BCUT2D eigenvalue weighted by molar-refractivity contribution is 6.08. The van der Waals surface area contributed by atoms with Crippen LogP contribution in [0.2, 0.25) is 0 Å². The maximum Gasteiger partial charge on any atom is 0.256 e. The van der Waals surface area contributed by atoms with Crippen molar-refractivity contribution in [1.82, 2.24) is 14.4 Å². The fourth-order valence-corrected chi connectivity index (χ4v) is 5.24. The van der Waals surface area contributed by atoms with Gasteiger partial charge in [-0.2, -0.15) is 0 Å². The predicted octanol–water partition coefficient (Wildman–Crippen LogP) is 4.77. The van der Waals surface area contributed by atoms with Crippen molar-refractivity contribution in [3.63, 3.8) is 0 Å². The molecule has 1 aromatic carbocycles. The minimum atomic E-state index is -0.341. The number of halogens is 2. The highest BCUT2D eigenvalue weighted by atomic mass is 35.5. The molecule has 0 spiro atoms. The SMILES string of the molecule is COc1cccc2c(C(=O)N3CCN(CCF)[C@@H](C)C3)cn(CC3CCCCC3)c12.Cl. The van der Waals surface area contributed by atoms with Crippen LogP contribution in [0.25, 0.3) is 10.9 Å². The Kier molecular flexibility index (Phi) is 8.23. The molecule has 2 heterocycles. The van der Waals surface area contributed by atoms with Gasteiger partial charge in [0.1, 0.15) is 12.4 Å². The highest BCUT2D eigenvalue weighted by Gasteiger charge is 2.29. The van der Waals surface area contributed by atoms with Crippen LogP contribution in [0.4, 0.5) is 4.39 Å². The van der Waals surface area contributed by atoms with Crippen molar-refractivity contribution in [1.29, 1.82) is 0 Å². The molecule has 0 radical (unpaired) electrons. The number of carbonyl (C=O) groups is 1. The number of para-hydroxylation sites is 1. The van der Waals surface area contributed by atoms with E-state index in [1.54, 1.807) is 7.11 Å². The third-order valence-electron chi connectivity index (χ3n) is 6.92. The van der Waals surface area contributed by atoms with Crippen LogP contribution in [0, 0.1) is 5.92 Å². The van der Waals surface area contributed by atoms with Gasteiger partial charge in [0.2, 0.25) is 0 Å². The maximum absolute atomic E-state index is 13.5. The van der Waals surface area contributed by atoms with Gasteiger partial charge in [-0.1, -0.05) is 31.4 Å². The first-order chi connectivity index (χ1) is 14.6. The number of benzene rings is 1. The largest absolute Gasteiger partial charge is 0.495 e. The Bertz CT molecular complexity index is 881. The van der Waals surface area contributed by atoms with Crippen LogP contribution in [0.15, 0.2) is 24.4 Å². The molecule has 1 amide bonds. The minimum absolute atomic E-state index is 0. The molecule has 1 aliphatic carbocycles. The number of alkyl halides is 1. The second kappa shape index (κ2) is 10.7. The van der Waals surface area contributed by atoms with Gasteiger partial charge >= 0.3 is 0 Å². The van der Waals surface area contributed by atoms with Gasteiger partial charge in [-0.05, 0) is 31.7 Å². The normalized spacial score (nSPS) is 20.6. The number of ether oxygens (including phenoxy) is 1. The average Bonchev–Trinajstić information content (AvgIpc) is 3.14. The Balaban J connectivity index is 0.00000272. The van der Waals surface area contributed by atoms with Crippen molar-refractivity contribution in [3.05, 3.63) is 30.0 Å². The van der Waals surface area contributed by atoms with E-state index in [4.69, 9.17) is 4.74 Å². The molecule has 1 saturated carbocycles. The smallest absolute Gasteiger partial charge is 0.256 e. The molecule has 2 aliphatic rings. The van der Waals surface area contributed by atoms with Gasteiger partial charge in [0.15, 0.2) is 0 Å². The minimum Gasteiger partial charge on any atom is -0.495 e. The molecule has 2 aromatic rings. The van der Waals surface area contributed by atoms with E-state index in [9.17, 15) is 9.18 Å². The number of fused-ring (bicyclic) bond motifs is 1. The molecule has 5 nitrogen and oxygen atoms in total. The molecule has 0 N–H and O–H groups in total. The first-order valence-corrected chi connectivity index (χ1v) is 11.4. The zero-order valence-electron chi connectivity index (χ0n) is 18.7. The molecule has 0 unspecified atom stereocenters. The molecule has 2 fully saturated rings. The van der Waals surface area contributed by atoms with Crippen molar-refractivity contribution in [2.45, 2.75) is 51.6 Å². The summed E-state index contributed by atoms with van der Waals surface area (Å²) >= 11 is 0. The van der Waals surface area contributed by atoms with Crippen LogP contribution >= 0.6 is 12.4 Å². The van der Waals surface area contributed by atoms with Crippen LogP contribution in [0.3, 0.4) is 0 Å². The quantitative estimate of drug-likeness (QED) is 0.635. The number of methoxy groups -OCH3 is 1. The second-order valence-electron chi connectivity index (χ2n) is 8.88. The van der Waals surface area contributed by atoms with Gasteiger partial charge in [0.05, 0.1) is 18.2 Å². The van der Waals surface area contributed by atoms with E-state index >= 15 is 0 Å². The van der Waals surface area contributed by atoms with E-state index in [0.29, 0.717) is 25.6 Å². The summed E-state index contributed by atoms with van der Waals surface area (Å²) in [6, 6.07) is 6.14. The highest BCUT2D eigenvalue weighted by Crippen LogP contribution is 2.33. The summed E-state index contributed by atoms with van der Waals surface area (Å²) in [4.78, 5) is 17.6. The van der Waals surface area contributed by atoms with Crippen molar-refractivity contribution in [2.75, 3.05) is 40.0 Å². The lowest BCUT2D eigenvalue weighted by Crippen LogP contribution is -2.54. The molecule has 1 aromatic heterocycles. The van der Waals surface area contributed by atoms with Gasteiger partial charge < -0.3 is 14.2 Å². The van der Waals surface area contributed by atoms with Gasteiger partial charge in [-0.25, -0.2) is 4.39 Å². The van der Waals surface area contributed by atoms with E-state index in [-0.39, 0.29) is 31.0 Å². The molecule has 31 heavy (non-hydrogen) atoms. The fourth-order valence-electron chi connectivity index (χ4n) is 5.24. The summed E-state index contributed by atoms with van der Waals surface area (Å²) in [5, 5.41) is 0.967. The number of hydrogen-bond donors (Lipinski definition) is 0. The van der Waals surface area contributed by atoms with Crippen LogP contribution in [0.5, 0.6) is 5.75 Å². The summed E-state index contributed by atoms with van der Waals surface area (Å²) in [5.74, 6) is 1.55. The Hall–Kier alpha value is -1.79. The number of carbonyl (C=O) groups excluding carboxylic acids is 1. The van der Waals surface area contributed by atoms with Crippen LogP contribution in [-0.2, 0) is 6.54 Å². The first kappa shape index (κ1) is 23.9. The molecule has 0 bridgehead atoms. The lowest BCUT2D eigenvalue weighted by molar-refractivity contribution is 0.0502.